The van der Waals surface area contributed by atoms with E-state index in [4.69, 9.17) is 0 Å². The number of carbonyl (C=O) groups is 1. The van der Waals surface area contributed by atoms with Crippen molar-refractivity contribution in [1.82, 2.24) is 19.9 Å². The van der Waals surface area contributed by atoms with Crippen molar-refractivity contribution < 1.29 is 4.79 Å². The number of imidazole rings is 1. The van der Waals surface area contributed by atoms with Crippen LogP contribution in [0.25, 0.3) is 16.6 Å². The zero-order valence-corrected chi connectivity index (χ0v) is 13.9. The van der Waals surface area contributed by atoms with Gasteiger partial charge < -0.3 is 14.9 Å². The average Bonchev–Trinajstić information content (AvgIpc) is 3.29. The number of amides is 1. The monoisotopic (exact) mass is 330 g/mol. The van der Waals surface area contributed by atoms with E-state index in [9.17, 15) is 4.79 Å². The van der Waals surface area contributed by atoms with Gasteiger partial charge >= 0.3 is 0 Å². The number of aryl methyl sites for hydroxylation is 1. The molecule has 0 unspecified atom stereocenters. The second-order valence-corrected chi connectivity index (χ2v) is 6.09. The Kier molecular flexibility index (Phi) is 3.82. The second kappa shape index (κ2) is 6.28. The zero-order valence-electron chi connectivity index (χ0n) is 13.9. The van der Waals surface area contributed by atoms with Gasteiger partial charge in [0.2, 0.25) is 0 Å². The van der Waals surface area contributed by atoms with Gasteiger partial charge in [0.25, 0.3) is 5.91 Å². The second-order valence-electron chi connectivity index (χ2n) is 6.09. The van der Waals surface area contributed by atoms with Crippen LogP contribution in [0.5, 0.6) is 0 Å². The van der Waals surface area contributed by atoms with Crippen LogP contribution < -0.4 is 5.32 Å². The number of hydrogen-bond donors (Lipinski definition) is 2. The molecule has 0 spiro atoms. The molecule has 0 saturated heterocycles. The molecule has 2 aromatic carbocycles. The number of nitrogens with zero attached hydrogens (tertiary/aromatic N) is 2. The Balaban J connectivity index is 1.44. The molecule has 2 aromatic heterocycles. The predicted molar refractivity (Wildman–Crippen MR) is 97.8 cm³/mol. The lowest BCUT2D eigenvalue weighted by molar-refractivity contribution is 0.0947. The average molecular weight is 330 g/mol. The van der Waals surface area contributed by atoms with Crippen molar-refractivity contribution in [3.8, 4) is 5.69 Å². The first-order valence-electron chi connectivity index (χ1n) is 8.14. The van der Waals surface area contributed by atoms with Gasteiger partial charge in [-0.2, -0.15) is 0 Å². The molecule has 5 heteroatoms. The highest BCUT2D eigenvalue weighted by atomic mass is 16.1. The molecule has 0 aliphatic heterocycles. The van der Waals surface area contributed by atoms with E-state index < -0.39 is 0 Å². The summed E-state index contributed by atoms with van der Waals surface area (Å²) in [6.45, 7) is 2.52. The summed E-state index contributed by atoms with van der Waals surface area (Å²) in [6, 6.07) is 16.0. The van der Waals surface area contributed by atoms with E-state index in [1.165, 1.54) is 5.56 Å². The molecule has 0 aliphatic rings. The van der Waals surface area contributed by atoms with Gasteiger partial charge in [0, 0.05) is 35.5 Å². The first kappa shape index (κ1) is 15.2. The van der Waals surface area contributed by atoms with E-state index in [0.717, 1.165) is 22.2 Å². The van der Waals surface area contributed by atoms with Crippen molar-refractivity contribution in [2.75, 3.05) is 0 Å². The molecular formula is C20H18N4O. The summed E-state index contributed by atoms with van der Waals surface area (Å²) in [5.74, 6) is -0.104. The molecule has 0 radical (unpaired) electrons. The van der Waals surface area contributed by atoms with E-state index in [0.29, 0.717) is 12.2 Å². The van der Waals surface area contributed by atoms with Gasteiger partial charge in [-0.3, -0.25) is 4.79 Å². The van der Waals surface area contributed by atoms with Crippen LogP contribution in [-0.2, 0) is 6.54 Å². The lowest BCUT2D eigenvalue weighted by Crippen LogP contribution is -2.23. The van der Waals surface area contributed by atoms with Crippen LogP contribution in [0.15, 0.2) is 67.3 Å². The summed E-state index contributed by atoms with van der Waals surface area (Å²) < 4.78 is 1.94. The minimum atomic E-state index is -0.104. The van der Waals surface area contributed by atoms with Gasteiger partial charge in [-0.1, -0.05) is 24.3 Å². The van der Waals surface area contributed by atoms with Gasteiger partial charge in [0.05, 0.1) is 6.33 Å². The molecule has 0 atom stereocenters. The molecule has 25 heavy (non-hydrogen) atoms. The Morgan fingerprint density at radius 2 is 2.00 bits per heavy atom. The molecule has 4 rings (SSSR count). The van der Waals surface area contributed by atoms with E-state index >= 15 is 0 Å². The molecule has 0 fully saturated rings. The minimum absolute atomic E-state index is 0.104. The Morgan fingerprint density at radius 1 is 1.16 bits per heavy atom. The molecule has 0 saturated carbocycles. The third-order valence-corrected chi connectivity index (χ3v) is 4.21. The Morgan fingerprint density at radius 3 is 2.76 bits per heavy atom. The number of fused-ring (bicyclic) bond motifs is 1. The minimum Gasteiger partial charge on any atom is -0.351 e. The standard InChI is InChI=1S/C20H18N4O/c1-14-2-5-16-11-19(23-18(16)10-14)20(25)22-12-15-3-6-17(7-4-15)24-9-8-21-13-24/h2-11,13,23H,12H2,1H3,(H,22,25). The van der Waals surface area contributed by atoms with Crippen molar-refractivity contribution >= 4 is 16.8 Å². The fourth-order valence-corrected chi connectivity index (χ4v) is 2.84. The van der Waals surface area contributed by atoms with Crippen LogP contribution in [0.4, 0.5) is 0 Å². The maximum absolute atomic E-state index is 12.4. The number of rotatable bonds is 4. The molecule has 5 nitrogen and oxygen atoms in total. The topological polar surface area (TPSA) is 62.7 Å². The molecular weight excluding hydrogens is 312 g/mol. The van der Waals surface area contributed by atoms with Crippen LogP contribution in [-0.4, -0.2) is 20.4 Å². The number of H-pyrrole nitrogens is 1. The maximum Gasteiger partial charge on any atom is 0.267 e. The molecule has 4 aromatic rings. The lowest BCUT2D eigenvalue weighted by atomic mass is 10.2. The van der Waals surface area contributed by atoms with E-state index in [1.807, 2.05) is 66.2 Å². The number of carbonyl (C=O) groups excluding carboxylic acids is 1. The number of hydrogen-bond acceptors (Lipinski definition) is 2. The fourth-order valence-electron chi connectivity index (χ4n) is 2.84. The summed E-state index contributed by atoms with van der Waals surface area (Å²) in [5.41, 5.74) is 4.81. The molecule has 2 N–H and O–H groups in total. The van der Waals surface area contributed by atoms with Gasteiger partial charge in [0.15, 0.2) is 0 Å². The van der Waals surface area contributed by atoms with Crippen molar-refractivity contribution in [3.05, 3.63) is 84.1 Å². The highest BCUT2D eigenvalue weighted by molar-refractivity contribution is 5.98. The molecule has 0 aliphatic carbocycles. The van der Waals surface area contributed by atoms with Crippen molar-refractivity contribution in [1.29, 1.82) is 0 Å². The quantitative estimate of drug-likeness (QED) is 0.600. The molecule has 1 amide bonds. The van der Waals surface area contributed by atoms with Gasteiger partial charge in [-0.15, -0.1) is 0 Å². The van der Waals surface area contributed by atoms with Crippen molar-refractivity contribution in [3.63, 3.8) is 0 Å². The zero-order chi connectivity index (χ0) is 17.2. The Labute approximate surface area is 145 Å². The third-order valence-electron chi connectivity index (χ3n) is 4.21. The first-order chi connectivity index (χ1) is 12.2. The molecule has 0 bridgehead atoms. The molecule has 124 valence electrons. The highest BCUT2D eigenvalue weighted by Crippen LogP contribution is 2.17. The SMILES string of the molecule is Cc1ccc2cc(C(=O)NCc3ccc(-n4ccnc4)cc3)[nH]c2c1. The Bertz CT molecular complexity index is 1010. The van der Waals surface area contributed by atoms with Crippen LogP contribution in [0.2, 0.25) is 0 Å². The third kappa shape index (κ3) is 3.17. The van der Waals surface area contributed by atoms with E-state index in [-0.39, 0.29) is 5.91 Å². The van der Waals surface area contributed by atoms with Gasteiger partial charge in [-0.25, -0.2) is 4.98 Å². The summed E-state index contributed by atoms with van der Waals surface area (Å²) in [6.07, 6.45) is 5.40. The first-order valence-corrected chi connectivity index (χ1v) is 8.14. The van der Waals surface area contributed by atoms with Crippen LogP contribution in [0.3, 0.4) is 0 Å². The molecule has 2 heterocycles. The fraction of sp³-hybridized carbons (Fsp3) is 0.100. The van der Waals surface area contributed by atoms with Crippen LogP contribution in [0.1, 0.15) is 21.6 Å². The van der Waals surface area contributed by atoms with Crippen molar-refractivity contribution in [2.24, 2.45) is 0 Å². The normalized spacial score (nSPS) is 10.9. The summed E-state index contributed by atoms with van der Waals surface area (Å²) >= 11 is 0. The largest absolute Gasteiger partial charge is 0.351 e. The smallest absolute Gasteiger partial charge is 0.267 e. The summed E-state index contributed by atoms with van der Waals surface area (Å²) in [4.78, 5) is 19.6. The van der Waals surface area contributed by atoms with Crippen LogP contribution >= 0.6 is 0 Å². The summed E-state index contributed by atoms with van der Waals surface area (Å²) in [7, 11) is 0. The highest BCUT2D eigenvalue weighted by Gasteiger charge is 2.09. The van der Waals surface area contributed by atoms with Gasteiger partial charge in [0.1, 0.15) is 5.69 Å². The van der Waals surface area contributed by atoms with Crippen LogP contribution in [0, 0.1) is 6.92 Å². The number of benzene rings is 2. The maximum atomic E-state index is 12.4. The number of aromatic amines is 1. The number of aromatic nitrogens is 3. The van der Waals surface area contributed by atoms with Crippen molar-refractivity contribution in [2.45, 2.75) is 13.5 Å². The predicted octanol–water partition coefficient (Wildman–Crippen LogP) is 3.59. The van der Waals surface area contributed by atoms with Gasteiger partial charge in [-0.05, 0) is 42.3 Å². The Hall–Kier alpha value is -3.34. The van der Waals surface area contributed by atoms with E-state index in [1.54, 1.807) is 12.5 Å². The van der Waals surface area contributed by atoms with E-state index in [2.05, 4.69) is 15.3 Å². The summed E-state index contributed by atoms with van der Waals surface area (Å²) in [5, 5.41) is 4.00. The number of nitrogens with one attached hydrogen (secondary N) is 2. The lowest BCUT2D eigenvalue weighted by Gasteiger charge is -2.06.